The Morgan fingerprint density at radius 3 is 2.60 bits per heavy atom. The van der Waals surface area contributed by atoms with Gasteiger partial charge in [0.15, 0.2) is 0 Å². The molecule has 2 unspecified atom stereocenters. The Bertz CT molecular complexity index is 547. The zero-order valence-corrected chi connectivity index (χ0v) is 13.0. The molecule has 2 N–H and O–H groups in total. The number of carboxylic acid groups (broad SMARTS) is 1. The molecular formula is C14H17BrN2O3. The van der Waals surface area contributed by atoms with Crippen LogP contribution in [0.3, 0.4) is 0 Å². The number of anilines is 1. The Labute approximate surface area is 126 Å². The lowest BCUT2D eigenvalue weighted by Gasteiger charge is -2.22. The molecular weight excluding hydrogens is 324 g/mol. The van der Waals surface area contributed by atoms with E-state index in [1.807, 2.05) is 11.8 Å². The Balaban J connectivity index is 2.10. The minimum atomic E-state index is -0.995. The normalized spacial score (nSPS) is 21.9. The van der Waals surface area contributed by atoms with Crippen LogP contribution in [0, 0.1) is 5.92 Å². The number of amides is 2. The SMILES string of the molecule is CC1CC(C)N(C(=O)Nc2ccc(C(=O)O)cc2Br)C1. The van der Waals surface area contributed by atoms with Gasteiger partial charge in [-0.25, -0.2) is 9.59 Å². The third-order valence-electron chi connectivity index (χ3n) is 3.50. The minimum Gasteiger partial charge on any atom is -0.478 e. The topological polar surface area (TPSA) is 69.6 Å². The maximum absolute atomic E-state index is 12.2. The molecule has 20 heavy (non-hydrogen) atoms. The fourth-order valence-corrected chi connectivity index (χ4v) is 3.00. The number of nitrogens with zero attached hydrogens (tertiary/aromatic N) is 1. The molecule has 1 aliphatic heterocycles. The van der Waals surface area contributed by atoms with E-state index >= 15 is 0 Å². The Kier molecular flexibility index (Phi) is 4.32. The summed E-state index contributed by atoms with van der Waals surface area (Å²) in [6.07, 6.45) is 1.01. The number of aromatic carboxylic acids is 1. The quantitative estimate of drug-likeness (QED) is 0.866. The van der Waals surface area contributed by atoms with Gasteiger partial charge in [0.05, 0.1) is 11.3 Å². The standard InChI is InChI=1S/C14H17BrN2O3/c1-8-5-9(2)17(7-8)14(20)16-12-4-3-10(13(18)19)6-11(12)15/h3-4,6,8-9H,5,7H2,1-2H3,(H,16,20)(H,18,19). The molecule has 1 heterocycles. The summed E-state index contributed by atoms with van der Waals surface area (Å²) in [4.78, 5) is 24.9. The zero-order chi connectivity index (χ0) is 14.9. The molecule has 0 spiro atoms. The van der Waals surface area contributed by atoms with Gasteiger partial charge in [0, 0.05) is 17.1 Å². The number of rotatable bonds is 2. The van der Waals surface area contributed by atoms with Crippen molar-refractivity contribution >= 4 is 33.6 Å². The van der Waals surface area contributed by atoms with Crippen molar-refractivity contribution in [3.63, 3.8) is 0 Å². The summed E-state index contributed by atoms with van der Waals surface area (Å²) in [7, 11) is 0. The Hall–Kier alpha value is -1.56. The highest BCUT2D eigenvalue weighted by atomic mass is 79.9. The number of carbonyl (C=O) groups excluding carboxylic acids is 1. The Morgan fingerprint density at radius 1 is 1.40 bits per heavy atom. The number of nitrogens with one attached hydrogen (secondary N) is 1. The third kappa shape index (κ3) is 3.12. The third-order valence-corrected chi connectivity index (χ3v) is 4.16. The van der Waals surface area contributed by atoms with Crippen LogP contribution in [0.15, 0.2) is 22.7 Å². The van der Waals surface area contributed by atoms with Gasteiger partial charge in [0.1, 0.15) is 0 Å². The second-order valence-electron chi connectivity index (χ2n) is 5.27. The summed E-state index contributed by atoms with van der Waals surface area (Å²) in [5, 5.41) is 11.7. The van der Waals surface area contributed by atoms with Crippen LogP contribution in [0.25, 0.3) is 0 Å². The van der Waals surface area contributed by atoms with Crippen molar-refractivity contribution in [2.75, 3.05) is 11.9 Å². The van der Waals surface area contributed by atoms with E-state index in [0.717, 1.165) is 13.0 Å². The molecule has 0 bridgehead atoms. The Morgan fingerprint density at radius 2 is 2.10 bits per heavy atom. The molecule has 108 valence electrons. The number of hydrogen-bond donors (Lipinski definition) is 2. The van der Waals surface area contributed by atoms with E-state index in [2.05, 4.69) is 28.2 Å². The van der Waals surface area contributed by atoms with Crippen LogP contribution in [-0.4, -0.2) is 34.6 Å². The minimum absolute atomic E-state index is 0.148. The van der Waals surface area contributed by atoms with Gasteiger partial charge in [-0.3, -0.25) is 0 Å². The molecule has 2 amide bonds. The number of halogens is 1. The van der Waals surface area contributed by atoms with Crippen LogP contribution in [0.1, 0.15) is 30.6 Å². The lowest BCUT2D eigenvalue weighted by molar-refractivity contribution is 0.0697. The first-order valence-electron chi connectivity index (χ1n) is 6.49. The lowest BCUT2D eigenvalue weighted by atomic mass is 10.1. The summed E-state index contributed by atoms with van der Waals surface area (Å²) in [5.41, 5.74) is 0.754. The molecule has 1 aliphatic rings. The summed E-state index contributed by atoms with van der Waals surface area (Å²) >= 11 is 3.28. The van der Waals surface area contributed by atoms with E-state index in [1.54, 1.807) is 6.07 Å². The lowest BCUT2D eigenvalue weighted by Crippen LogP contribution is -2.37. The highest BCUT2D eigenvalue weighted by molar-refractivity contribution is 9.10. The van der Waals surface area contributed by atoms with Gasteiger partial charge in [0.2, 0.25) is 0 Å². The smallest absolute Gasteiger partial charge is 0.335 e. The molecule has 0 aliphatic carbocycles. The van der Waals surface area contributed by atoms with Crippen LogP contribution in [-0.2, 0) is 0 Å². The monoisotopic (exact) mass is 340 g/mol. The van der Waals surface area contributed by atoms with E-state index < -0.39 is 5.97 Å². The molecule has 0 aromatic heterocycles. The molecule has 2 atom stereocenters. The van der Waals surface area contributed by atoms with E-state index in [-0.39, 0.29) is 17.6 Å². The first-order chi connectivity index (χ1) is 9.38. The molecule has 1 aromatic carbocycles. The van der Waals surface area contributed by atoms with Crippen molar-refractivity contribution in [1.82, 2.24) is 4.90 Å². The van der Waals surface area contributed by atoms with Crippen LogP contribution in [0.4, 0.5) is 10.5 Å². The fraction of sp³-hybridized carbons (Fsp3) is 0.429. The van der Waals surface area contributed by atoms with Crippen molar-refractivity contribution in [3.05, 3.63) is 28.2 Å². The molecule has 1 saturated heterocycles. The molecule has 0 radical (unpaired) electrons. The summed E-state index contributed by atoms with van der Waals surface area (Å²) in [5.74, 6) is -0.487. The van der Waals surface area contributed by atoms with E-state index in [4.69, 9.17) is 5.11 Å². The second-order valence-corrected chi connectivity index (χ2v) is 6.13. The summed E-state index contributed by atoms with van der Waals surface area (Å²) in [6, 6.07) is 4.62. The molecule has 1 aromatic rings. The molecule has 0 saturated carbocycles. The van der Waals surface area contributed by atoms with Crippen molar-refractivity contribution in [2.24, 2.45) is 5.92 Å². The predicted molar refractivity (Wildman–Crippen MR) is 80.1 cm³/mol. The number of hydrogen-bond acceptors (Lipinski definition) is 2. The van der Waals surface area contributed by atoms with Gasteiger partial charge >= 0.3 is 12.0 Å². The number of benzene rings is 1. The zero-order valence-electron chi connectivity index (χ0n) is 11.4. The average Bonchev–Trinajstić information content (AvgIpc) is 2.70. The molecule has 5 nitrogen and oxygen atoms in total. The van der Waals surface area contributed by atoms with Gasteiger partial charge < -0.3 is 15.3 Å². The predicted octanol–water partition coefficient (Wildman–Crippen LogP) is 3.41. The van der Waals surface area contributed by atoms with Crippen LogP contribution in [0.5, 0.6) is 0 Å². The van der Waals surface area contributed by atoms with Gasteiger partial charge in [-0.2, -0.15) is 0 Å². The van der Waals surface area contributed by atoms with E-state index in [0.29, 0.717) is 16.1 Å². The number of carbonyl (C=O) groups is 2. The maximum atomic E-state index is 12.2. The first kappa shape index (κ1) is 14.8. The van der Waals surface area contributed by atoms with E-state index in [1.165, 1.54) is 12.1 Å². The summed E-state index contributed by atoms with van der Waals surface area (Å²) in [6.45, 7) is 4.91. The van der Waals surface area contributed by atoms with Crippen LogP contribution in [0.2, 0.25) is 0 Å². The number of likely N-dealkylation sites (tertiary alicyclic amines) is 1. The van der Waals surface area contributed by atoms with Crippen LogP contribution < -0.4 is 5.32 Å². The highest BCUT2D eigenvalue weighted by Crippen LogP contribution is 2.27. The number of carboxylic acids is 1. The van der Waals surface area contributed by atoms with Gasteiger partial charge in [-0.15, -0.1) is 0 Å². The first-order valence-corrected chi connectivity index (χ1v) is 7.28. The largest absolute Gasteiger partial charge is 0.478 e. The van der Waals surface area contributed by atoms with E-state index in [9.17, 15) is 9.59 Å². The van der Waals surface area contributed by atoms with Crippen molar-refractivity contribution in [3.8, 4) is 0 Å². The second kappa shape index (κ2) is 5.83. The van der Waals surface area contributed by atoms with Gasteiger partial charge in [-0.1, -0.05) is 6.92 Å². The number of urea groups is 1. The maximum Gasteiger partial charge on any atom is 0.335 e. The van der Waals surface area contributed by atoms with Crippen molar-refractivity contribution < 1.29 is 14.7 Å². The fourth-order valence-electron chi connectivity index (χ4n) is 2.52. The van der Waals surface area contributed by atoms with Crippen molar-refractivity contribution in [1.29, 1.82) is 0 Å². The van der Waals surface area contributed by atoms with Crippen LogP contribution >= 0.6 is 15.9 Å². The van der Waals surface area contributed by atoms with Gasteiger partial charge in [0.25, 0.3) is 0 Å². The van der Waals surface area contributed by atoms with Gasteiger partial charge in [-0.05, 0) is 53.4 Å². The molecule has 6 heteroatoms. The highest BCUT2D eigenvalue weighted by Gasteiger charge is 2.30. The van der Waals surface area contributed by atoms with Crippen molar-refractivity contribution in [2.45, 2.75) is 26.3 Å². The molecule has 1 fully saturated rings. The summed E-state index contributed by atoms with van der Waals surface area (Å²) < 4.78 is 0.561. The average molecular weight is 341 g/mol. The molecule has 2 rings (SSSR count).